The van der Waals surface area contributed by atoms with E-state index in [2.05, 4.69) is 29.2 Å². The molecule has 1 aromatic carbocycles. The van der Waals surface area contributed by atoms with Gasteiger partial charge in [-0.25, -0.2) is 0 Å². The minimum Gasteiger partial charge on any atom is -0.355 e. The van der Waals surface area contributed by atoms with Gasteiger partial charge < -0.3 is 4.90 Å². The van der Waals surface area contributed by atoms with Crippen LogP contribution in [0.1, 0.15) is 19.3 Å². The SMILES string of the molecule is ClC1CCCCN1c1ccccc1. The summed E-state index contributed by atoms with van der Waals surface area (Å²) in [5.41, 5.74) is 1.44. The standard InChI is InChI=1S/C11H14ClN/c12-11-8-4-5-9-13(11)10-6-2-1-3-7-10/h1-3,6-7,11H,4-5,8-9H2. The topological polar surface area (TPSA) is 3.24 Å². The first kappa shape index (κ1) is 8.89. The lowest BCUT2D eigenvalue weighted by molar-refractivity contribution is 0.545. The van der Waals surface area contributed by atoms with Crippen LogP contribution < -0.4 is 4.90 Å². The second-order valence-corrected chi connectivity index (χ2v) is 3.96. The molecule has 1 unspecified atom stereocenters. The highest BCUT2D eigenvalue weighted by atomic mass is 35.5. The molecule has 0 N–H and O–H groups in total. The number of rotatable bonds is 1. The third-order valence-electron chi connectivity index (χ3n) is 2.52. The average molecular weight is 196 g/mol. The summed E-state index contributed by atoms with van der Waals surface area (Å²) < 4.78 is 0. The highest BCUT2D eigenvalue weighted by molar-refractivity contribution is 6.21. The van der Waals surface area contributed by atoms with Crippen molar-refractivity contribution >= 4 is 17.3 Å². The third kappa shape index (κ3) is 1.97. The summed E-state index contributed by atoms with van der Waals surface area (Å²) in [5, 5.41) is 0. The number of benzene rings is 1. The van der Waals surface area contributed by atoms with Gasteiger partial charge in [0.1, 0.15) is 5.50 Å². The van der Waals surface area contributed by atoms with Crippen molar-refractivity contribution in [2.75, 3.05) is 11.4 Å². The van der Waals surface area contributed by atoms with Gasteiger partial charge in [-0.2, -0.15) is 0 Å². The summed E-state index contributed by atoms with van der Waals surface area (Å²) in [4.78, 5) is 2.28. The van der Waals surface area contributed by atoms with Crippen molar-refractivity contribution in [2.24, 2.45) is 0 Å². The molecule has 1 aromatic rings. The first-order valence-electron chi connectivity index (χ1n) is 4.84. The largest absolute Gasteiger partial charge is 0.355 e. The Kier molecular flexibility index (Phi) is 2.74. The number of anilines is 1. The maximum atomic E-state index is 6.24. The zero-order chi connectivity index (χ0) is 9.10. The molecule has 13 heavy (non-hydrogen) atoms. The minimum absolute atomic E-state index is 0.191. The average Bonchev–Trinajstić information content (AvgIpc) is 2.20. The number of hydrogen-bond donors (Lipinski definition) is 0. The van der Waals surface area contributed by atoms with Crippen molar-refractivity contribution in [1.82, 2.24) is 0 Å². The summed E-state index contributed by atoms with van der Waals surface area (Å²) in [7, 11) is 0. The van der Waals surface area contributed by atoms with Crippen molar-refractivity contribution < 1.29 is 0 Å². The molecule has 1 atom stereocenters. The van der Waals surface area contributed by atoms with Crippen LogP contribution in [0.2, 0.25) is 0 Å². The molecule has 1 saturated heterocycles. The number of nitrogens with zero attached hydrogens (tertiary/aromatic N) is 1. The van der Waals surface area contributed by atoms with Crippen LogP contribution in [-0.2, 0) is 0 Å². The fraction of sp³-hybridized carbons (Fsp3) is 0.455. The van der Waals surface area contributed by atoms with Crippen molar-refractivity contribution in [3.8, 4) is 0 Å². The van der Waals surface area contributed by atoms with E-state index in [-0.39, 0.29) is 5.50 Å². The molecule has 0 saturated carbocycles. The van der Waals surface area contributed by atoms with E-state index in [1.165, 1.54) is 18.5 Å². The fourth-order valence-corrected chi connectivity index (χ4v) is 2.17. The van der Waals surface area contributed by atoms with E-state index in [0.29, 0.717) is 0 Å². The Morgan fingerprint density at radius 1 is 1.15 bits per heavy atom. The fourth-order valence-electron chi connectivity index (χ4n) is 1.80. The molecule has 70 valence electrons. The van der Waals surface area contributed by atoms with Crippen molar-refractivity contribution in [3.63, 3.8) is 0 Å². The van der Waals surface area contributed by atoms with Crippen LogP contribution in [-0.4, -0.2) is 12.0 Å². The molecule has 0 aromatic heterocycles. The van der Waals surface area contributed by atoms with Crippen LogP contribution >= 0.6 is 11.6 Å². The van der Waals surface area contributed by atoms with E-state index >= 15 is 0 Å². The molecule has 2 heteroatoms. The van der Waals surface area contributed by atoms with Gasteiger partial charge in [0.05, 0.1) is 0 Å². The summed E-state index contributed by atoms with van der Waals surface area (Å²) in [6, 6.07) is 10.4. The number of piperidine rings is 1. The monoisotopic (exact) mass is 195 g/mol. The van der Waals surface area contributed by atoms with Gasteiger partial charge >= 0.3 is 0 Å². The van der Waals surface area contributed by atoms with Gasteiger partial charge in [0.15, 0.2) is 0 Å². The molecule has 1 heterocycles. The predicted octanol–water partition coefficient (Wildman–Crippen LogP) is 3.24. The Morgan fingerprint density at radius 3 is 2.62 bits per heavy atom. The lowest BCUT2D eigenvalue weighted by Gasteiger charge is -2.33. The number of para-hydroxylation sites is 1. The zero-order valence-electron chi connectivity index (χ0n) is 7.62. The van der Waals surface area contributed by atoms with Gasteiger partial charge in [0, 0.05) is 12.2 Å². The molecule has 2 rings (SSSR count). The van der Waals surface area contributed by atoms with Crippen LogP contribution in [0.5, 0.6) is 0 Å². The quantitative estimate of drug-likeness (QED) is 0.491. The van der Waals surface area contributed by atoms with Crippen LogP contribution in [0.4, 0.5) is 5.69 Å². The molecule has 0 spiro atoms. The Hall–Kier alpha value is -0.690. The van der Waals surface area contributed by atoms with Crippen molar-refractivity contribution in [3.05, 3.63) is 30.3 Å². The van der Waals surface area contributed by atoms with E-state index < -0.39 is 0 Å². The molecule has 0 aliphatic carbocycles. The van der Waals surface area contributed by atoms with Gasteiger partial charge in [-0.1, -0.05) is 29.8 Å². The maximum Gasteiger partial charge on any atom is 0.104 e. The smallest absolute Gasteiger partial charge is 0.104 e. The van der Waals surface area contributed by atoms with E-state index in [1.807, 2.05) is 6.07 Å². The lowest BCUT2D eigenvalue weighted by Crippen LogP contribution is -2.35. The van der Waals surface area contributed by atoms with Crippen molar-refractivity contribution in [2.45, 2.75) is 24.8 Å². The van der Waals surface area contributed by atoms with Crippen LogP contribution in [0, 0.1) is 0 Å². The number of halogens is 1. The van der Waals surface area contributed by atoms with E-state index in [9.17, 15) is 0 Å². The highest BCUT2D eigenvalue weighted by Gasteiger charge is 2.19. The van der Waals surface area contributed by atoms with Gasteiger partial charge in [0.2, 0.25) is 0 Å². The predicted molar refractivity (Wildman–Crippen MR) is 57.3 cm³/mol. The second-order valence-electron chi connectivity index (χ2n) is 3.46. The van der Waals surface area contributed by atoms with Crippen LogP contribution in [0.3, 0.4) is 0 Å². The molecule has 0 radical (unpaired) electrons. The van der Waals surface area contributed by atoms with E-state index in [4.69, 9.17) is 11.6 Å². The normalized spacial score (nSPS) is 23.2. The Morgan fingerprint density at radius 2 is 1.92 bits per heavy atom. The molecule has 0 amide bonds. The number of hydrogen-bond acceptors (Lipinski definition) is 1. The maximum absolute atomic E-state index is 6.24. The van der Waals surface area contributed by atoms with E-state index in [1.54, 1.807) is 0 Å². The molecule has 1 fully saturated rings. The first-order chi connectivity index (χ1) is 6.38. The molecular weight excluding hydrogens is 182 g/mol. The molecule has 1 aliphatic rings. The van der Waals surface area contributed by atoms with E-state index in [0.717, 1.165) is 13.0 Å². The summed E-state index contributed by atoms with van der Waals surface area (Å²) in [6.07, 6.45) is 3.63. The minimum atomic E-state index is 0.191. The van der Waals surface area contributed by atoms with Gasteiger partial charge in [0.25, 0.3) is 0 Å². The summed E-state index contributed by atoms with van der Waals surface area (Å²) >= 11 is 6.24. The zero-order valence-corrected chi connectivity index (χ0v) is 8.37. The Balaban J connectivity index is 2.15. The molecular formula is C11H14ClN. The van der Waals surface area contributed by atoms with Gasteiger partial charge in [-0.15, -0.1) is 0 Å². The summed E-state index contributed by atoms with van der Waals surface area (Å²) in [6.45, 7) is 1.10. The number of alkyl halides is 1. The van der Waals surface area contributed by atoms with Crippen LogP contribution in [0.25, 0.3) is 0 Å². The first-order valence-corrected chi connectivity index (χ1v) is 5.27. The lowest BCUT2D eigenvalue weighted by atomic mass is 10.1. The van der Waals surface area contributed by atoms with Crippen LogP contribution in [0.15, 0.2) is 30.3 Å². The Labute approximate surface area is 84.3 Å². The second kappa shape index (κ2) is 4.01. The molecule has 0 bridgehead atoms. The van der Waals surface area contributed by atoms with Gasteiger partial charge in [-0.05, 0) is 31.4 Å². The van der Waals surface area contributed by atoms with Gasteiger partial charge in [-0.3, -0.25) is 0 Å². The third-order valence-corrected chi connectivity index (χ3v) is 2.97. The molecule has 1 aliphatic heterocycles. The van der Waals surface area contributed by atoms with Crippen molar-refractivity contribution in [1.29, 1.82) is 0 Å². The Bertz CT molecular complexity index is 260. The molecule has 1 nitrogen and oxygen atoms in total. The highest BCUT2D eigenvalue weighted by Crippen LogP contribution is 2.26. The summed E-state index contributed by atoms with van der Waals surface area (Å²) in [5.74, 6) is 0.